The first-order valence-electron chi connectivity index (χ1n) is 4.07. The van der Waals surface area contributed by atoms with Crippen molar-refractivity contribution in [3.05, 3.63) is 6.10 Å². The second-order valence-corrected chi connectivity index (χ2v) is 2.92. The van der Waals surface area contributed by atoms with Gasteiger partial charge in [-0.3, -0.25) is 0 Å². The van der Waals surface area contributed by atoms with Crippen LogP contribution in [0.1, 0.15) is 25.7 Å². The van der Waals surface area contributed by atoms with Crippen LogP contribution in [-0.4, -0.2) is 19.3 Å². The highest BCUT2D eigenvalue weighted by Gasteiger charge is 2.30. The Hall–Kier alpha value is -0.0800. The lowest BCUT2D eigenvalue weighted by Gasteiger charge is -2.34. The van der Waals surface area contributed by atoms with Gasteiger partial charge in [-0.1, -0.05) is 12.8 Å². The van der Waals surface area contributed by atoms with Crippen LogP contribution in [0.2, 0.25) is 0 Å². The van der Waals surface area contributed by atoms with Gasteiger partial charge in [-0.25, -0.2) is 0 Å². The van der Waals surface area contributed by atoms with E-state index in [9.17, 15) is 0 Å². The minimum absolute atomic E-state index is 0.350. The maximum absolute atomic E-state index is 5.52. The van der Waals surface area contributed by atoms with E-state index in [2.05, 4.69) is 0 Å². The summed E-state index contributed by atoms with van der Waals surface area (Å²) < 4.78 is 11.0. The van der Waals surface area contributed by atoms with Gasteiger partial charge in [0.25, 0.3) is 0 Å². The van der Waals surface area contributed by atoms with E-state index in [1.54, 1.807) is 0 Å². The molecule has 0 aromatic rings. The molecular weight excluding hydrogens is 128 g/mol. The van der Waals surface area contributed by atoms with Gasteiger partial charge in [-0.05, 0) is 12.8 Å². The molecule has 2 nitrogen and oxygen atoms in total. The van der Waals surface area contributed by atoms with Crippen LogP contribution in [0.25, 0.3) is 0 Å². The van der Waals surface area contributed by atoms with E-state index in [1.807, 2.05) is 0 Å². The molecule has 2 aliphatic rings. The zero-order valence-electron chi connectivity index (χ0n) is 6.14. The third kappa shape index (κ3) is 1.18. The summed E-state index contributed by atoms with van der Waals surface area (Å²) in [6.07, 6.45) is 6.45. The average molecular weight is 141 g/mol. The molecule has 0 amide bonds. The van der Waals surface area contributed by atoms with E-state index in [4.69, 9.17) is 9.47 Å². The highest BCUT2D eigenvalue weighted by molar-refractivity contribution is 4.93. The van der Waals surface area contributed by atoms with Crippen molar-refractivity contribution in [2.75, 3.05) is 13.2 Å². The molecule has 1 heterocycles. The number of ether oxygens (including phenoxy) is 2. The second-order valence-electron chi connectivity index (χ2n) is 2.92. The van der Waals surface area contributed by atoms with Gasteiger partial charge < -0.3 is 9.47 Å². The predicted molar refractivity (Wildman–Crippen MR) is 37.4 cm³/mol. The minimum atomic E-state index is 0.350. The highest BCUT2D eigenvalue weighted by atomic mass is 16.6. The number of hydrogen-bond donors (Lipinski definition) is 0. The van der Waals surface area contributed by atoms with Gasteiger partial charge in [0.05, 0.1) is 19.3 Å². The van der Waals surface area contributed by atoms with Gasteiger partial charge in [0.1, 0.15) is 6.10 Å². The van der Waals surface area contributed by atoms with E-state index in [1.165, 1.54) is 25.4 Å². The molecular formula is C8H13O2. The fraction of sp³-hybridized carbons (Fsp3) is 0.875. The molecule has 57 valence electrons. The van der Waals surface area contributed by atoms with Gasteiger partial charge in [-0.2, -0.15) is 0 Å². The summed E-state index contributed by atoms with van der Waals surface area (Å²) in [6, 6.07) is 0. The zero-order chi connectivity index (χ0) is 6.81. The zero-order valence-corrected chi connectivity index (χ0v) is 6.14. The first-order valence-corrected chi connectivity index (χ1v) is 4.07. The van der Waals surface area contributed by atoms with Crippen molar-refractivity contribution in [2.24, 2.45) is 0 Å². The van der Waals surface area contributed by atoms with Gasteiger partial charge in [-0.15, -0.1) is 0 Å². The van der Waals surface area contributed by atoms with Crippen LogP contribution in [0.3, 0.4) is 0 Å². The van der Waals surface area contributed by atoms with E-state index in [-0.39, 0.29) is 0 Å². The molecule has 1 aliphatic heterocycles. The van der Waals surface area contributed by atoms with Crippen LogP contribution in [-0.2, 0) is 9.47 Å². The standard InChI is InChI=1S/C8H13O2/c1-2-4-8-7(3-1)9-5-6-10-8/h7H,1-6H2. The normalized spacial score (nSPS) is 35.4. The van der Waals surface area contributed by atoms with Gasteiger partial charge in [0.15, 0.2) is 0 Å². The molecule has 0 N–H and O–H groups in total. The van der Waals surface area contributed by atoms with E-state index in [0.717, 1.165) is 19.6 Å². The smallest absolute Gasteiger partial charge is 0.126 e. The van der Waals surface area contributed by atoms with Crippen LogP contribution in [0, 0.1) is 6.10 Å². The van der Waals surface area contributed by atoms with Crippen molar-refractivity contribution >= 4 is 0 Å². The third-order valence-electron chi connectivity index (χ3n) is 2.19. The molecule has 1 aliphatic carbocycles. The Morgan fingerprint density at radius 1 is 1.20 bits per heavy atom. The minimum Gasteiger partial charge on any atom is -0.373 e. The molecule has 2 fully saturated rings. The van der Waals surface area contributed by atoms with Gasteiger partial charge >= 0.3 is 0 Å². The molecule has 0 aromatic heterocycles. The van der Waals surface area contributed by atoms with E-state index >= 15 is 0 Å². The second kappa shape index (κ2) is 2.89. The summed E-state index contributed by atoms with van der Waals surface area (Å²) in [5.41, 5.74) is 0. The lowest BCUT2D eigenvalue weighted by molar-refractivity contribution is -0.0975. The summed E-state index contributed by atoms with van der Waals surface area (Å²) in [5, 5.41) is 0. The molecule has 1 saturated heterocycles. The van der Waals surface area contributed by atoms with Crippen LogP contribution in [0.4, 0.5) is 0 Å². The number of rotatable bonds is 0. The molecule has 1 atom stereocenters. The predicted octanol–water partition coefficient (Wildman–Crippen LogP) is 1.51. The van der Waals surface area contributed by atoms with Crippen molar-refractivity contribution in [1.29, 1.82) is 0 Å². The maximum Gasteiger partial charge on any atom is 0.126 e. The first-order chi connectivity index (χ1) is 4.97. The van der Waals surface area contributed by atoms with Crippen molar-refractivity contribution < 1.29 is 9.47 Å². The van der Waals surface area contributed by atoms with Crippen LogP contribution in [0.5, 0.6) is 0 Å². The average Bonchev–Trinajstić information content (AvgIpc) is 2.05. The van der Waals surface area contributed by atoms with Gasteiger partial charge in [0.2, 0.25) is 0 Å². The topological polar surface area (TPSA) is 18.5 Å². The third-order valence-corrected chi connectivity index (χ3v) is 2.19. The fourth-order valence-corrected chi connectivity index (χ4v) is 1.66. The van der Waals surface area contributed by atoms with E-state index < -0.39 is 0 Å². The summed E-state index contributed by atoms with van der Waals surface area (Å²) in [4.78, 5) is 0. The largest absolute Gasteiger partial charge is 0.373 e. The summed E-state index contributed by atoms with van der Waals surface area (Å²) in [5.74, 6) is 0. The van der Waals surface area contributed by atoms with Crippen molar-refractivity contribution in [1.82, 2.24) is 0 Å². The monoisotopic (exact) mass is 141 g/mol. The molecule has 1 radical (unpaired) electrons. The first kappa shape index (κ1) is 6.62. The molecule has 0 aromatic carbocycles. The molecule has 0 spiro atoms. The molecule has 2 heteroatoms. The molecule has 1 unspecified atom stereocenters. The van der Waals surface area contributed by atoms with Gasteiger partial charge in [0, 0.05) is 0 Å². The van der Waals surface area contributed by atoms with Crippen molar-refractivity contribution in [2.45, 2.75) is 31.8 Å². The highest BCUT2D eigenvalue weighted by Crippen LogP contribution is 2.31. The summed E-state index contributed by atoms with van der Waals surface area (Å²) >= 11 is 0. The quantitative estimate of drug-likeness (QED) is 0.509. The Bertz CT molecular complexity index is 87.8. The SMILES string of the molecule is C1CCC2OCCO[C]2C1. The lowest BCUT2D eigenvalue weighted by Crippen LogP contribution is -2.34. The van der Waals surface area contributed by atoms with Crippen molar-refractivity contribution in [3.63, 3.8) is 0 Å². The number of fused-ring (bicyclic) bond motifs is 1. The van der Waals surface area contributed by atoms with Crippen LogP contribution >= 0.6 is 0 Å². The fourth-order valence-electron chi connectivity index (χ4n) is 1.66. The van der Waals surface area contributed by atoms with E-state index in [0.29, 0.717) is 6.10 Å². The molecule has 2 rings (SSSR count). The molecule has 10 heavy (non-hydrogen) atoms. The Balaban J connectivity index is 1.93. The molecule has 1 saturated carbocycles. The van der Waals surface area contributed by atoms with Crippen molar-refractivity contribution in [3.8, 4) is 0 Å². The lowest BCUT2D eigenvalue weighted by atomic mass is 9.94. The van der Waals surface area contributed by atoms with Crippen LogP contribution in [0.15, 0.2) is 0 Å². The Morgan fingerprint density at radius 3 is 3.10 bits per heavy atom. The summed E-state index contributed by atoms with van der Waals surface area (Å²) in [6.45, 7) is 1.56. The molecule has 0 bridgehead atoms. The summed E-state index contributed by atoms with van der Waals surface area (Å²) in [7, 11) is 0. The number of hydrogen-bond acceptors (Lipinski definition) is 2. The Kier molecular flexibility index (Phi) is 1.91. The Labute approximate surface area is 61.5 Å². The van der Waals surface area contributed by atoms with Crippen LogP contribution < -0.4 is 0 Å². The maximum atomic E-state index is 5.52. The Morgan fingerprint density at radius 2 is 2.20 bits per heavy atom.